The first-order valence-electron chi connectivity index (χ1n) is 8.96. The van der Waals surface area contributed by atoms with Crippen LogP contribution in [-0.4, -0.2) is 40.4 Å². The van der Waals surface area contributed by atoms with E-state index >= 15 is 0 Å². The van der Waals surface area contributed by atoms with Crippen LogP contribution in [0.25, 0.3) is 5.69 Å². The summed E-state index contributed by atoms with van der Waals surface area (Å²) in [5.74, 6) is -1.19. The third-order valence-corrected chi connectivity index (χ3v) is 4.93. The zero-order valence-corrected chi connectivity index (χ0v) is 15.1. The second-order valence-corrected chi connectivity index (χ2v) is 6.69. The van der Waals surface area contributed by atoms with Crippen LogP contribution < -0.4 is 5.32 Å². The fourth-order valence-corrected chi connectivity index (χ4v) is 3.29. The summed E-state index contributed by atoms with van der Waals surface area (Å²) >= 11 is 0. The molecule has 1 aromatic carbocycles. The molecule has 0 unspecified atom stereocenters. The average molecular weight is 348 g/mol. The highest BCUT2D eigenvalue weighted by atomic mass is 19.1. The van der Waals surface area contributed by atoms with Gasteiger partial charge in [0.1, 0.15) is 11.5 Å². The Bertz CT molecular complexity index is 737. The first-order valence-corrected chi connectivity index (χ1v) is 8.96. The van der Waals surface area contributed by atoms with E-state index in [1.165, 1.54) is 25.0 Å². The monoisotopic (exact) mass is 348 g/mol. The van der Waals surface area contributed by atoms with E-state index in [-0.39, 0.29) is 5.69 Å². The van der Waals surface area contributed by atoms with Crippen LogP contribution in [0.5, 0.6) is 0 Å². The number of halogens is 2. The lowest BCUT2D eigenvalue weighted by Crippen LogP contribution is -2.33. The molecule has 1 heterocycles. The number of hydrogen-bond donors (Lipinski definition) is 1. The molecule has 1 aliphatic carbocycles. The molecule has 1 aliphatic rings. The van der Waals surface area contributed by atoms with Gasteiger partial charge in [0.25, 0.3) is 0 Å². The van der Waals surface area contributed by atoms with E-state index in [1.54, 1.807) is 4.68 Å². The van der Waals surface area contributed by atoms with Gasteiger partial charge in [0.05, 0.1) is 5.69 Å². The molecule has 1 saturated carbocycles. The SMILES string of the molecule is CCN(CCNCc1c(C)nn(-c2ccc(F)cc2F)c1C)C1CC1. The van der Waals surface area contributed by atoms with Crippen molar-refractivity contribution in [2.24, 2.45) is 0 Å². The second kappa shape index (κ2) is 7.62. The van der Waals surface area contributed by atoms with Gasteiger partial charge in [0.2, 0.25) is 0 Å². The summed E-state index contributed by atoms with van der Waals surface area (Å²) in [6, 6.07) is 4.35. The smallest absolute Gasteiger partial charge is 0.151 e. The molecular weight excluding hydrogens is 322 g/mol. The van der Waals surface area contributed by atoms with Crippen LogP contribution in [-0.2, 0) is 6.54 Å². The number of aryl methyl sites for hydroxylation is 1. The van der Waals surface area contributed by atoms with E-state index in [4.69, 9.17) is 0 Å². The number of rotatable bonds is 8. The Morgan fingerprint density at radius 3 is 2.68 bits per heavy atom. The normalized spacial score (nSPS) is 14.5. The highest BCUT2D eigenvalue weighted by Crippen LogP contribution is 2.26. The van der Waals surface area contributed by atoms with Crippen molar-refractivity contribution in [2.45, 2.75) is 46.2 Å². The first-order chi connectivity index (χ1) is 12.0. The topological polar surface area (TPSA) is 33.1 Å². The van der Waals surface area contributed by atoms with Crippen molar-refractivity contribution in [1.82, 2.24) is 20.0 Å². The van der Waals surface area contributed by atoms with Crippen LogP contribution in [0.2, 0.25) is 0 Å². The fourth-order valence-electron chi connectivity index (χ4n) is 3.29. The Hall–Kier alpha value is -1.79. The molecule has 3 rings (SSSR count). The standard InChI is InChI=1S/C19H26F2N4/c1-4-24(16-6-7-16)10-9-22-12-17-13(2)23-25(14(17)3)19-8-5-15(20)11-18(19)21/h5,8,11,16,22H,4,6-7,9-10,12H2,1-3H3. The van der Waals surface area contributed by atoms with E-state index in [1.807, 2.05) is 13.8 Å². The lowest BCUT2D eigenvalue weighted by atomic mass is 10.2. The van der Waals surface area contributed by atoms with Crippen molar-refractivity contribution in [3.63, 3.8) is 0 Å². The number of nitrogens with one attached hydrogen (secondary N) is 1. The maximum atomic E-state index is 14.1. The molecular formula is C19H26F2N4. The molecule has 4 nitrogen and oxygen atoms in total. The molecule has 2 aromatic rings. The van der Waals surface area contributed by atoms with Crippen molar-refractivity contribution >= 4 is 0 Å². The second-order valence-electron chi connectivity index (χ2n) is 6.69. The van der Waals surface area contributed by atoms with E-state index in [0.29, 0.717) is 6.54 Å². The molecule has 0 atom stereocenters. The van der Waals surface area contributed by atoms with Crippen LogP contribution in [0.3, 0.4) is 0 Å². The quantitative estimate of drug-likeness (QED) is 0.743. The Morgan fingerprint density at radius 2 is 2.04 bits per heavy atom. The van der Waals surface area contributed by atoms with Gasteiger partial charge in [0.15, 0.2) is 5.82 Å². The molecule has 0 saturated heterocycles. The zero-order valence-electron chi connectivity index (χ0n) is 15.1. The molecule has 1 aromatic heterocycles. The summed E-state index contributed by atoms with van der Waals surface area (Å²) in [5, 5.41) is 7.91. The van der Waals surface area contributed by atoms with Crippen molar-refractivity contribution < 1.29 is 8.78 Å². The molecule has 25 heavy (non-hydrogen) atoms. The highest BCUT2D eigenvalue weighted by molar-refractivity contribution is 5.38. The predicted octanol–water partition coefficient (Wildman–Crippen LogP) is 3.34. The van der Waals surface area contributed by atoms with Crippen LogP contribution in [0, 0.1) is 25.5 Å². The van der Waals surface area contributed by atoms with Gasteiger partial charge in [-0.2, -0.15) is 5.10 Å². The predicted molar refractivity (Wildman–Crippen MR) is 94.9 cm³/mol. The van der Waals surface area contributed by atoms with Gasteiger partial charge < -0.3 is 5.32 Å². The largest absolute Gasteiger partial charge is 0.311 e. The Kier molecular flexibility index (Phi) is 5.49. The third kappa shape index (κ3) is 4.07. The summed E-state index contributed by atoms with van der Waals surface area (Å²) < 4.78 is 28.7. The van der Waals surface area contributed by atoms with Gasteiger partial charge in [-0.15, -0.1) is 0 Å². The Morgan fingerprint density at radius 1 is 1.28 bits per heavy atom. The highest BCUT2D eigenvalue weighted by Gasteiger charge is 2.27. The zero-order chi connectivity index (χ0) is 18.0. The lowest BCUT2D eigenvalue weighted by Gasteiger charge is -2.19. The van der Waals surface area contributed by atoms with Crippen molar-refractivity contribution in [3.05, 3.63) is 46.8 Å². The van der Waals surface area contributed by atoms with E-state index in [2.05, 4.69) is 22.2 Å². The van der Waals surface area contributed by atoms with Crippen LogP contribution >= 0.6 is 0 Å². The minimum Gasteiger partial charge on any atom is -0.311 e. The lowest BCUT2D eigenvalue weighted by molar-refractivity contribution is 0.277. The van der Waals surface area contributed by atoms with E-state index in [0.717, 1.165) is 48.7 Å². The van der Waals surface area contributed by atoms with Crippen LogP contribution in [0.15, 0.2) is 18.2 Å². The molecule has 0 amide bonds. The van der Waals surface area contributed by atoms with Crippen molar-refractivity contribution in [2.75, 3.05) is 19.6 Å². The maximum Gasteiger partial charge on any atom is 0.151 e. The van der Waals surface area contributed by atoms with Crippen LogP contribution in [0.1, 0.15) is 36.7 Å². The average Bonchev–Trinajstić information content (AvgIpc) is 3.37. The van der Waals surface area contributed by atoms with Gasteiger partial charge in [-0.3, -0.25) is 4.90 Å². The van der Waals surface area contributed by atoms with Crippen molar-refractivity contribution in [3.8, 4) is 5.69 Å². The molecule has 136 valence electrons. The minimum atomic E-state index is -0.604. The number of likely N-dealkylation sites (N-methyl/N-ethyl adjacent to an activating group) is 1. The third-order valence-electron chi connectivity index (χ3n) is 4.93. The molecule has 1 N–H and O–H groups in total. The van der Waals surface area contributed by atoms with E-state index in [9.17, 15) is 8.78 Å². The fraction of sp³-hybridized carbons (Fsp3) is 0.526. The Balaban J connectivity index is 1.65. The molecule has 1 fully saturated rings. The minimum absolute atomic E-state index is 0.277. The summed E-state index contributed by atoms with van der Waals surface area (Å²) in [4.78, 5) is 2.50. The number of hydrogen-bond acceptors (Lipinski definition) is 3. The summed E-state index contributed by atoms with van der Waals surface area (Å²) in [7, 11) is 0. The van der Waals surface area contributed by atoms with Gasteiger partial charge in [-0.25, -0.2) is 13.5 Å². The van der Waals surface area contributed by atoms with Gasteiger partial charge >= 0.3 is 0 Å². The van der Waals surface area contributed by atoms with E-state index < -0.39 is 11.6 Å². The van der Waals surface area contributed by atoms with Crippen molar-refractivity contribution in [1.29, 1.82) is 0 Å². The van der Waals surface area contributed by atoms with Gasteiger partial charge in [0, 0.05) is 43.0 Å². The Labute approximate surface area is 147 Å². The summed E-state index contributed by atoms with van der Waals surface area (Å²) in [6.45, 7) is 9.79. The number of nitrogens with zero attached hydrogens (tertiary/aromatic N) is 3. The van der Waals surface area contributed by atoms with Gasteiger partial charge in [-0.05, 0) is 45.4 Å². The van der Waals surface area contributed by atoms with Crippen LogP contribution in [0.4, 0.5) is 8.78 Å². The summed E-state index contributed by atoms with van der Waals surface area (Å²) in [6.07, 6.45) is 2.64. The molecule has 6 heteroatoms. The number of aromatic nitrogens is 2. The molecule has 0 aliphatic heterocycles. The maximum absolute atomic E-state index is 14.1. The first kappa shape index (κ1) is 18.0. The van der Waals surface area contributed by atoms with Gasteiger partial charge in [-0.1, -0.05) is 6.92 Å². The molecule has 0 radical (unpaired) electrons. The summed E-state index contributed by atoms with van der Waals surface area (Å²) in [5.41, 5.74) is 3.09. The molecule has 0 bridgehead atoms. The number of benzene rings is 1. The molecule has 0 spiro atoms.